The lowest BCUT2D eigenvalue weighted by Crippen LogP contribution is -2.02. The van der Waals surface area contributed by atoms with Crippen molar-refractivity contribution in [2.24, 2.45) is 0 Å². The second kappa shape index (κ2) is 8.05. The summed E-state index contributed by atoms with van der Waals surface area (Å²) < 4.78 is 6.25. The molecule has 3 rings (SSSR count). The molecule has 1 atom stereocenters. The van der Waals surface area contributed by atoms with Gasteiger partial charge in [0.2, 0.25) is 5.76 Å². The van der Waals surface area contributed by atoms with E-state index in [1.807, 2.05) is 31.2 Å². The van der Waals surface area contributed by atoms with Gasteiger partial charge in [-0.3, -0.25) is 10.1 Å². The Bertz CT molecular complexity index is 925. The van der Waals surface area contributed by atoms with Crippen LogP contribution in [0.2, 0.25) is 0 Å². The molecule has 0 bridgehead atoms. The number of halogens is 1. The van der Waals surface area contributed by atoms with Crippen LogP contribution in [0, 0.1) is 24.0 Å². The molecule has 0 aliphatic carbocycles. The molecule has 0 radical (unpaired) electrons. The molecule has 1 heterocycles. The maximum absolute atomic E-state index is 11.4. The van der Waals surface area contributed by atoms with Crippen molar-refractivity contribution in [3.63, 3.8) is 0 Å². The monoisotopic (exact) mass is 432 g/mol. The van der Waals surface area contributed by atoms with Gasteiger partial charge in [0.25, 0.3) is 0 Å². The minimum Gasteiger partial charge on any atom is -0.354 e. The number of hydrogen-bond donors (Lipinski definition) is 0. The van der Waals surface area contributed by atoms with E-state index in [-0.39, 0.29) is 10.9 Å². The van der Waals surface area contributed by atoms with Gasteiger partial charge in [-0.05, 0) is 37.6 Å². The first kappa shape index (κ1) is 18.7. The second-order valence-corrected chi connectivity index (χ2v) is 8.07. The lowest BCUT2D eigenvalue weighted by Gasteiger charge is -2.17. The van der Waals surface area contributed by atoms with Crippen LogP contribution in [0.3, 0.4) is 0 Å². The van der Waals surface area contributed by atoms with Crippen LogP contribution in [0.4, 0.5) is 5.69 Å². The number of nitrogens with zero attached hydrogens (tertiary/aromatic N) is 2. The first-order valence-electron chi connectivity index (χ1n) is 8.03. The molecule has 0 spiro atoms. The summed E-state index contributed by atoms with van der Waals surface area (Å²) in [6, 6.07) is 16.1. The van der Waals surface area contributed by atoms with Crippen molar-refractivity contribution in [3.8, 4) is 0 Å². The van der Waals surface area contributed by atoms with Gasteiger partial charge in [0, 0.05) is 21.0 Å². The van der Waals surface area contributed by atoms with E-state index >= 15 is 0 Å². The fourth-order valence-electron chi connectivity index (χ4n) is 2.68. The normalized spacial score (nSPS) is 12.1. The van der Waals surface area contributed by atoms with Gasteiger partial charge in [0.1, 0.15) is 0 Å². The van der Waals surface area contributed by atoms with E-state index in [0.29, 0.717) is 17.9 Å². The summed E-state index contributed by atoms with van der Waals surface area (Å²) in [4.78, 5) is 12.0. The average Bonchev–Trinajstić information content (AvgIpc) is 2.97. The Balaban J connectivity index is 1.97. The van der Waals surface area contributed by atoms with Gasteiger partial charge in [-0.1, -0.05) is 57.0 Å². The van der Waals surface area contributed by atoms with Crippen LogP contribution in [-0.4, -0.2) is 10.1 Å². The minimum atomic E-state index is -0.422. The number of aryl methyl sites for hydroxylation is 2. The first-order chi connectivity index (χ1) is 12.5. The largest absolute Gasteiger partial charge is 0.354 e. The molecule has 3 aromatic rings. The molecular weight excluding hydrogens is 416 g/mol. The standard InChI is InChI=1S/C19H17BrN2O3S/c1-12-7-9-14(10-8-12)26-18(15-5-3-4-6-16(15)20)11-17-19(22(23)24)13(2)21-25-17/h3-10,18H,11H2,1-2H3/t18-/m0/s1. The Morgan fingerprint density at radius 1 is 1.19 bits per heavy atom. The molecule has 26 heavy (non-hydrogen) atoms. The number of nitro groups is 1. The van der Waals surface area contributed by atoms with E-state index in [2.05, 4.69) is 45.4 Å². The number of benzene rings is 2. The van der Waals surface area contributed by atoms with E-state index < -0.39 is 4.92 Å². The molecule has 0 aliphatic rings. The Labute approximate surface area is 164 Å². The van der Waals surface area contributed by atoms with Crippen LogP contribution in [0.25, 0.3) is 0 Å². The summed E-state index contributed by atoms with van der Waals surface area (Å²) >= 11 is 5.24. The molecule has 0 saturated heterocycles. The van der Waals surface area contributed by atoms with Gasteiger partial charge < -0.3 is 4.52 Å². The van der Waals surface area contributed by atoms with Gasteiger partial charge in [-0.25, -0.2) is 0 Å². The highest BCUT2D eigenvalue weighted by Gasteiger charge is 2.28. The zero-order valence-electron chi connectivity index (χ0n) is 14.3. The predicted octanol–water partition coefficient (Wildman–Crippen LogP) is 6.04. The SMILES string of the molecule is Cc1ccc(S[C@@H](Cc2onc(C)c2[N+](=O)[O-])c2ccccc2Br)cc1. The van der Waals surface area contributed by atoms with Crippen LogP contribution < -0.4 is 0 Å². The fraction of sp³-hybridized carbons (Fsp3) is 0.211. The summed E-state index contributed by atoms with van der Waals surface area (Å²) in [5, 5.41) is 15.1. The Morgan fingerprint density at radius 3 is 2.54 bits per heavy atom. The van der Waals surface area contributed by atoms with E-state index in [1.54, 1.807) is 18.7 Å². The Hall–Kier alpha value is -2.12. The molecule has 0 saturated carbocycles. The molecule has 0 fully saturated rings. The highest BCUT2D eigenvalue weighted by Crippen LogP contribution is 2.42. The van der Waals surface area contributed by atoms with Crippen LogP contribution in [0.15, 0.2) is 62.4 Å². The molecule has 5 nitrogen and oxygen atoms in total. The number of aromatic nitrogens is 1. The van der Waals surface area contributed by atoms with Gasteiger partial charge in [0.05, 0.1) is 4.92 Å². The molecule has 0 aliphatic heterocycles. The highest BCUT2D eigenvalue weighted by molar-refractivity contribution is 9.10. The number of hydrogen-bond acceptors (Lipinski definition) is 5. The van der Waals surface area contributed by atoms with Crippen molar-refractivity contribution in [2.75, 3.05) is 0 Å². The lowest BCUT2D eigenvalue weighted by molar-refractivity contribution is -0.386. The van der Waals surface area contributed by atoms with Crippen LogP contribution in [0.1, 0.15) is 27.8 Å². The zero-order chi connectivity index (χ0) is 18.7. The van der Waals surface area contributed by atoms with Gasteiger partial charge in [0.15, 0.2) is 5.69 Å². The van der Waals surface area contributed by atoms with Crippen molar-refractivity contribution >= 4 is 33.4 Å². The summed E-state index contributed by atoms with van der Waals surface area (Å²) in [6.07, 6.45) is 0.373. The smallest absolute Gasteiger partial charge is 0.334 e. The van der Waals surface area contributed by atoms with Crippen molar-refractivity contribution < 1.29 is 9.45 Å². The minimum absolute atomic E-state index is 0.0356. The number of rotatable bonds is 6. The van der Waals surface area contributed by atoms with E-state index in [9.17, 15) is 10.1 Å². The fourth-order valence-corrected chi connectivity index (χ4v) is 4.58. The summed E-state index contributed by atoms with van der Waals surface area (Å²) in [5.74, 6) is 0.299. The quantitative estimate of drug-likeness (QED) is 0.269. The molecule has 0 N–H and O–H groups in total. The summed E-state index contributed by atoms with van der Waals surface area (Å²) in [5.41, 5.74) is 2.51. The molecule has 0 amide bonds. The third-order valence-electron chi connectivity index (χ3n) is 4.00. The van der Waals surface area contributed by atoms with Crippen LogP contribution in [-0.2, 0) is 6.42 Å². The number of thioether (sulfide) groups is 1. The predicted molar refractivity (Wildman–Crippen MR) is 106 cm³/mol. The second-order valence-electron chi connectivity index (χ2n) is 5.94. The van der Waals surface area contributed by atoms with E-state index in [0.717, 1.165) is 14.9 Å². The van der Waals surface area contributed by atoms with E-state index in [1.165, 1.54) is 5.56 Å². The molecule has 134 valence electrons. The van der Waals surface area contributed by atoms with Gasteiger partial charge in [-0.2, -0.15) is 0 Å². The molecular formula is C19H17BrN2O3S. The average molecular weight is 433 g/mol. The highest BCUT2D eigenvalue weighted by atomic mass is 79.9. The Morgan fingerprint density at radius 2 is 1.88 bits per heavy atom. The summed E-state index contributed by atoms with van der Waals surface area (Å²) in [7, 11) is 0. The van der Waals surface area contributed by atoms with Crippen molar-refractivity contribution in [3.05, 3.63) is 85.7 Å². The maximum Gasteiger partial charge on any atom is 0.334 e. The van der Waals surface area contributed by atoms with Crippen molar-refractivity contribution in [2.45, 2.75) is 30.4 Å². The molecule has 0 unspecified atom stereocenters. The zero-order valence-corrected chi connectivity index (χ0v) is 16.7. The van der Waals surface area contributed by atoms with Crippen molar-refractivity contribution in [1.82, 2.24) is 5.16 Å². The van der Waals surface area contributed by atoms with Crippen LogP contribution >= 0.6 is 27.7 Å². The van der Waals surface area contributed by atoms with Crippen LogP contribution in [0.5, 0.6) is 0 Å². The van der Waals surface area contributed by atoms with E-state index in [4.69, 9.17) is 4.52 Å². The molecule has 2 aromatic carbocycles. The molecule has 1 aromatic heterocycles. The first-order valence-corrected chi connectivity index (χ1v) is 9.70. The van der Waals surface area contributed by atoms with Gasteiger partial charge >= 0.3 is 5.69 Å². The third kappa shape index (κ3) is 4.16. The Kier molecular flexibility index (Phi) is 5.78. The lowest BCUT2D eigenvalue weighted by atomic mass is 10.1. The topological polar surface area (TPSA) is 69.2 Å². The van der Waals surface area contributed by atoms with Crippen molar-refractivity contribution in [1.29, 1.82) is 0 Å². The maximum atomic E-state index is 11.4. The molecule has 7 heteroatoms. The third-order valence-corrected chi connectivity index (χ3v) is 5.98. The summed E-state index contributed by atoms with van der Waals surface area (Å²) in [6.45, 7) is 3.63. The van der Waals surface area contributed by atoms with Gasteiger partial charge in [-0.15, -0.1) is 11.8 Å².